The van der Waals surface area contributed by atoms with Crippen LogP contribution in [0.2, 0.25) is 5.28 Å². The topological polar surface area (TPSA) is 44.2 Å². The molecule has 0 atom stereocenters. The van der Waals surface area contributed by atoms with Crippen molar-refractivity contribution >= 4 is 22.5 Å². The van der Waals surface area contributed by atoms with Crippen LogP contribution in [0.1, 0.15) is 5.56 Å². The van der Waals surface area contributed by atoms with Crippen LogP contribution in [0.4, 0.5) is 0 Å². The van der Waals surface area contributed by atoms with Gasteiger partial charge in [-0.3, -0.25) is 0 Å². The van der Waals surface area contributed by atoms with Crippen molar-refractivity contribution in [2.75, 3.05) is 7.11 Å². The van der Waals surface area contributed by atoms with E-state index in [0.29, 0.717) is 17.4 Å². The van der Waals surface area contributed by atoms with Gasteiger partial charge in [0, 0.05) is 0 Å². The first-order valence-electron chi connectivity index (χ1n) is 6.42. The summed E-state index contributed by atoms with van der Waals surface area (Å²) >= 11 is 5.96. The molecule has 1 heterocycles. The van der Waals surface area contributed by atoms with Gasteiger partial charge in [0.25, 0.3) is 0 Å². The van der Waals surface area contributed by atoms with Gasteiger partial charge in [-0.25, -0.2) is 4.98 Å². The van der Waals surface area contributed by atoms with E-state index < -0.39 is 0 Å². The Morgan fingerprint density at radius 1 is 1.00 bits per heavy atom. The highest BCUT2D eigenvalue weighted by Gasteiger charge is 2.11. The molecule has 0 N–H and O–H groups in total. The third-order valence-electron chi connectivity index (χ3n) is 3.07. The number of ether oxygens (including phenoxy) is 2. The Morgan fingerprint density at radius 3 is 2.62 bits per heavy atom. The molecule has 0 spiro atoms. The molecule has 5 heteroatoms. The second kappa shape index (κ2) is 5.58. The molecule has 0 amide bonds. The quantitative estimate of drug-likeness (QED) is 0.673. The monoisotopic (exact) mass is 300 g/mol. The lowest BCUT2D eigenvalue weighted by Gasteiger charge is -2.11. The number of benzene rings is 2. The van der Waals surface area contributed by atoms with Gasteiger partial charge in [-0.15, -0.1) is 0 Å². The number of para-hydroxylation sites is 1. The molecule has 3 aromatic rings. The fraction of sp³-hybridized carbons (Fsp3) is 0.125. The fourth-order valence-electron chi connectivity index (χ4n) is 2.06. The Hall–Kier alpha value is -2.33. The summed E-state index contributed by atoms with van der Waals surface area (Å²) < 4.78 is 11.2. The van der Waals surface area contributed by atoms with Crippen LogP contribution in [-0.4, -0.2) is 17.1 Å². The van der Waals surface area contributed by atoms with E-state index in [1.165, 1.54) is 0 Å². The normalized spacial score (nSPS) is 10.6. The van der Waals surface area contributed by atoms with E-state index in [-0.39, 0.29) is 5.28 Å². The SMILES string of the molecule is COc1cc(C)ccc1Oc1nc(Cl)nc2ccccc12. The van der Waals surface area contributed by atoms with E-state index in [0.717, 1.165) is 16.5 Å². The molecular formula is C16H13ClN2O2. The van der Waals surface area contributed by atoms with Crippen LogP contribution in [0.5, 0.6) is 17.4 Å². The van der Waals surface area contributed by atoms with Crippen molar-refractivity contribution in [1.29, 1.82) is 0 Å². The van der Waals surface area contributed by atoms with Gasteiger partial charge in [-0.2, -0.15) is 4.98 Å². The van der Waals surface area contributed by atoms with E-state index in [1.807, 2.05) is 49.4 Å². The van der Waals surface area contributed by atoms with Crippen LogP contribution in [0, 0.1) is 6.92 Å². The number of aromatic nitrogens is 2. The van der Waals surface area contributed by atoms with Crippen molar-refractivity contribution in [2.24, 2.45) is 0 Å². The molecule has 0 saturated heterocycles. The second-order valence-electron chi connectivity index (χ2n) is 4.57. The van der Waals surface area contributed by atoms with Gasteiger partial charge in [-0.1, -0.05) is 18.2 Å². The molecule has 0 saturated carbocycles. The maximum absolute atomic E-state index is 5.96. The number of aryl methyl sites for hydroxylation is 1. The molecule has 2 aromatic carbocycles. The summed E-state index contributed by atoms with van der Waals surface area (Å²) in [6.07, 6.45) is 0. The number of hydrogen-bond donors (Lipinski definition) is 0. The largest absolute Gasteiger partial charge is 0.493 e. The zero-order chi connectivity index (χ0) is 14.8. The number of halogens is 1. The smallest absolute Gasteiger partial charge is 0.231 e. The van der Waals surface area contributed by atoms with Crippen molar-refractivity contribution in [3.8, 4) is 17.4 Å². The summed E-state index contributed by atoms with van der Waals surface area (Å²) in [5, 5.41) is 0.944. The molecule has 106 valence electrons. The Bertz CT molecular complexity index is 805. The molecule has 0 radical (unpaired) electrons. The minimum atomic E-state index is 0.148. The first-order chi connectivity index (χ1) is 10.2. The molecule has 21 heavy (non-hydrogen) atoms. The van der Waals surface area contributed by atoms with E-state index >= 15 is 0 Å². The summed E-state index contributed by atoms with van der Waals surface area (Å²) in [5.74, 6) is 1.64. The predicted molar refractivity (Wildman–Crippen MR) is 82.4 cm³/mol. The van der Waals surface area contributed by atoms with Gasteiger partial charge in [0.2, 0.25) is 11.2 Å². The molecule has 0 unspecified atom stereocenters. The lowest BCUT2D eigenvalue weighted by Crippen LogP contribution is -1.95. The summed E-state index contributed by atoms with van der Waals surface area (Å²) in [6.45, 7) is 1.99. The van der Waals surface area contributed by atoms with E-state index in [2.05, 4.69) is 9.97 Å². The first-order valence-corrected chi connectivity index (χ1v) is 6.80. The Morgan fingerprint density at radius 2 is 1.81 bits per heavy atom. The third-order valence-corrected chi connectivity index (χ3v) is 3.24. The van der Waals surface area contributed by atoms with Gasteiger partial charge >= 0.3 is 0 Å². The van der Waals surface area contributed by atoms with Crippen LogP contribution in [0.3, 0.4) is 0 Å². The number of rotatable bonds is 3. The second-order valence-corrected chi connectivity index (χ2v) is 4.91. The maximum Gasteiger partial charge on any atom is 0.231 e. The van der Waals surface area contributed by atoms with Crippen LogP contribution in [0.25, 0.3) is 10.9 Å². The van der Waals surface area contributed by atoms with Gasteiger partial charge in [-0.05, 0) is 48.4 Å². The highest BCUT2D eigenvalue weighted by Crippen LogP contribution is 2.34. The summed E-state index contributed by atoms with van der Waals surface area (Å²) in [5.41, 5.74) is 1.82. The lowest BCUT2D eigenvalue weighted by atomic mass is 10.2. The summed E-state index contributed by atoms with van der Waals surface area (Å²) in [7, 11) is 1.60. The highest BCUT2D eigenvalue weighted by molar-refractivity contribution is 6.28. The highest BCUT2D eigenvalue weighted by atomic mass is 35.5. The number of methoxy groups -OCH3 is 1. The lowest BCUT2D eigenvalue weighted by molar-refractivity contribution is 0.375. The Balaban J connectivity index is 2.10. The molecule has 0 aliphatic rings. The minimum absolute atomic E-state index is 0.148. The van der Waals surface area contributed by atoms with E-state index in [1.54, 1.807) is 7.11 Å². The first kappa shape index (κ1) is 13.6. The molecule has 0 aliphatic carbocycles. The predicted octanol–water partition coefficient (Wildman–Crippen LogP) is 4.39. The van der Waals surface area contributed by atoms with Gasteiger partial charge in [0.1, 0.15) is 0 Å². The zero-order valence-electron chi connectivity index (χ0n) is 11.6. The van der Waals surface area contributed by atoms with Gasteiger partial charge in [0.15, 0.2) is 11.5 Å². The minimum Gasteiger partial charge on any atom is -0.493 e. The standard InChI is InChI=1S/C16H13ClN2O2/c1-10-7-8-13(14(9-10)20-2)21-15-11-5-3-4-6-12(11)18-16(17)19-15/h3-9H,1-2H3. The Labute approximate surface area is 127 Å². The number of nitrogens with zero attached hydrogens (tertiary/aromatic N) is 2. The molecule has 4 nitrogen and oxygen atoms in total. The molecular weight excluding hydrogens is 288 g/mol. The van der Waals surface area contributed by atoms with Crippen molar-refractivity contribution < 1.29 is 9.47 Å². The zero-order valence-corrected chi connectivity index (χ0v) is 12.4. The molecule has 3 rings (SSSR count). The maximum atomic E-state index is 5.96. The average molecular weight is 301 g/mol. The number of hydrogen-bond acceptors (Lipinski definition) is 4. The van der Waals surface area contributed by atoms with E-state index in [4.69, 9.17) is 21.1 Å². The Kier molecular flexibility index (Phi) is 3.62. The summed E-state index contributed by atoms with van der Waals surface area (Å²) in [6, 6.07) is 13.2. The third kappa shape index (κ3) is 2.76. The van der Waals surface area contributed by atoms with Crippen molar-refractivity contribution in [2.45, 2.75) is 6.92 Å². The van der Waals surface area contributed by atoms with Gasteiger partial charge in [0.05, 0.1) is 18.0 Å². The van der Waals surface area contributed by atoms with Gasteiger partial charge < -0.3 is 9.47 Å². The van der Waals surface area contributed by atoms with Crippen LogP contribution >= 0.6 is 11.6 Å². The fourth-order valence-corrected chi connectivity index (χ4v) is 2.23. The summed E-state index contributed by atoms with van der Waals surface area (Å²) in [4.78, 5) is 8.35. The van der Waals surface area contributed by atoms with Crippen molar-refractivity contribution in [3.63, 3.8) is 0 Å². The molecule has 1 aromatic heterocycles. The van der Waals surface area contributed by atoms with Crippen LogP contribution in [0.15, 0.2) is 42.5 Å². The molecule has 0 aliphatic heterocycles. The number of fused-ring (bicyclic) bond motifs is 1. The van der Waals surface area contributed by atoms with Crippen molar-refractivity contribution in [3.05, 3.63) is 53.3 Å². The van der Waals surface area contributed by atoms with Crippen LogP contribution in [-0.2, 0) is 0 Å². The molecule has 0 bridgehead atoms. The van der Waals surface area contributed by atoms with Crippen LogP contribution < -0.4 is 9.47 Å². The van der Waals surface area contributed by atoms with Crippen molar-refractivity contribution in [1.82, 2.24) is 9.97 Å². The van der Waals surface area contributed by atoms with E-state index in [9.17, 15) is 0 Å². The molecule has 0 fully saturated rings. The average Bonchev–Trinajstić information content (AvgIpc) is 2.48.